The second-order valence-corrected chi connectivity index (χ2v) is 5.37. The number of aromatic nitrogens is 1. The van der Waals surface area contributed by atoms with Crippen molar-refractivity contribution in [2.24, 2.45) is 4.99 Å². The Hall–Kier alpha value is -3.14. The fraction of sp³-hybridized carbons (Fsp3) is 0.100. The summed E-state index contributed by atoms with van der Waals surface area (Å²) in [6.45, 7) is 1.55. The fourth-order valence-corrected chi connectivity index (χ4v) is 2.42. The van der Waals surface area contributed by atoms with Crippen LogP contribution in [-0.2, 0) is 0 Å². The van der Waals surface area contributed by atoms with E-state index in [-0.39, 0.29) is 5.78 Å². The number of benzene rings is 2. The van der Waals surface area contributed by atoms with Gasteiger partial charge in [-0.05, 0) is 55.5 Å². The maximum Gasteiger partial charge on any atom is 0.159 e. The van der Waals surface area contributed by atoms with E-state index in [4.69, 9.17) is 4.74 Å². The molecule has 0 saturated carbocycles. The molecule has 0 aliphatic rings. The van der Waals surface area contributed by atoms with E-state index in [1.54, 1.807) is 32.4 Å². The molecule has 0 amide bonds. The number of methoxy groups -OCH3 is 1. The van der Waals surface area contributed by atoms with Gasteiger partial charge in [-0.15, -0.1) is 0 Å². The molecule has 4 nitrogen and oxygen atoms in total. The zero-order chi connectivity index (χ0) is 16.9. The van der Waals surface area contributed by atoms with Crippen LogP contribution in [0.4, 0.5) is 5.69 Å². The van der Waals surface area contributed by atoms with Crippen molar-refractivity contribution >= 4 is 17.7 Å². The quantitative estimate of drug-likeness (QED) is 0.515. The maximum absolute atomic E-state index is 11.5. The summed E-state index contributed by atoms with van der Waals surface area (Å²) in [6.07, 6.45) is 3.78. The second-order valence-electron chi connectivity index (χ2n) is 5.37. The number of ether oxygens (including phenoxy) is 1. The lowest BCUT2D eigenvalue weighted by Crippen LogP contribution is -1.97. The van der Waals surface area contributed by atoms with Crippen LogP contribution in [-0.4, -0.2) is 23.7 Å². The van der Waals surface area contributed by atoms with Gasteiger partial charge in [-0.3, -0.25) is 9.79 Å². The van der Waals surface area contributed by atoms with Crippen LogP contribution in [0.25, 0.3) is 5.69 Å². The minimum absolute atomic E-state index is 0.0358. The number of ketones is 1. The van der Waals surface area contributed by atoms with Crippen molar-refractivity contribution in [1.82, 2.24) is 4.57 Å². The first kappa shape index (κ1) is 15.7. The Labute approximate surface area is 141 Å². The molecule has 0 aliphatic heterocycles. The molecule has 4 heteroatoms. The Morgan fingerprint density at radius 1 is 1.08 bits per heavy atom. The van der Waals surface area contributed by atoms with Crippen molar-refractivity contribution in [3.05, 3.63) is 78.1 Å². The second kappa shape index (κ2) is 6.96. The van der Waals surface area contributed by atoms with Gasteiger partial charge >= 0.3 is 0 Å². The van der Waals surface area contributed by atoms with Crippen LogP contribution in [0, 0.1) is 0 Å². The number of hydrogen-bond donors (Lipinski definition) is 0. The highest BCUT2D eigenvalue weighted by Gasteiger charge is 2.03. The van der Waals surface area contributed by atoms with Crippen LogP contribution in [0.5, 0.6) is 5.75 Å². The smallest absolute Gasteiger partial charge is 0.159 e. The maximum atomic E-state index is 11.5. The Balaban J connectivity index is 1.87. The third kappa shape index (κ3) is 3.43. The molecule has 2 aromatic carbocycles. The van der Waals surface area contributed by atoms with Gasteiger partial charge in [0.15, 0.2) is 5.78 Å². The summed E-state index contributed by atoms with van der Waals surface area (Å²) in [7, 11) is 1.65. The monoisotopic (exact) mass is 318 g/mol. The van der Waals surface area contributed by atoms with E-state index in [2.05, 4.69) is 4.99 Å². The molecule has 0 fully saturated rings. The molecule has 1 heterocycles. The van der Waals surface area contributed by atoms with Gasteiger partial charge in [-0.1, -0.05) is 12.1 Å². The van der Waals surface area contributed by atoms with Gasteiger partial charge in [-0.2, -0.15) is 0 Å². The molecule has 120 valence electrons. The van der Waals surface area contributed by atoms with Crippen molar-refractivity contribution in [2.45, 2.75) is 6.92 Å². The van der Waals surface area contributed by atoms with E-state index in [0.717, 1.165) is 22.8 Å². The van der Waals surface area contributed by atoms with Crippen molar-refractivity contribution in [1.29, 1.82) is 0 Å². The first-order chi connectivity index (χ1) is 11.7. The predicted octanol–water partition coefficient (Wildman–Crippen LogP) is 4.44. The van der Waals surface area contributed by atoms with Crippen LogP contribution in [0.1, 0.15) is 23.0 Å². The topological polar surface area (TPSA) is 43.6 Å². The number of hydrogen-bond acceptors (Lipinski definition) is 3. The van der Waals surface area contributed by atoms with Crippen molar-refractivity contribution in [2.75, 3.05) is 7.11 Å². The fourth-order valence-electron chi connectivity index (χ4n) is 2.42. The van der Waals surface area contributed by atoms with E-state index >= 15 is 0 Å². The molecule has 0 aliphatic carbocycles. The summed E-state index contributed by atoms with van der Waals surface area (Å²) in [5.74, 6) is 0.857. The van der Waals surface area contributed by atoms with Crippen LogP contribution in [0.15, 0.2) is 71.9 Å². The average molecular weight is 318 g/mol. The number of carbonyl (C=O) groups is 1. The molecule has 0 atom stereocenters. The standard InChI is InChI=1S/C20H18N2O2/c1-15(23)16-5-3-6-17(13-16)21-14-19-7-4-12-22(19)18-8-10-20(24-2)11-9-18/h3-14H,1-2H3. The van der Waals surface area contributed by atoms with Gasteiger partial charge in [0.25, 0.3) is 0 Å². The molecule has 1 aromatic heterocycles. The van der Waals surface area contributed by atoms with E-state index in [0.29, 0.717) is 5.56 Å². The molecular weight excluding hydrogens is 300 g/mol. The zero-order valence-electron chi connectivity index (χ0n) is 13.6. The molecule has 0 unspecified atom stereocenters. The SMILES string of the molecule is COc1ccc(-n2cccc2C=Nc2cccc(C(C)=O)c2)cc1. The highest BCUT2D eigenvalue weighted by Crippen LogP contribution is 2.18. The van der Waals surface area contributed by atoms with E-state index in [1.807, 2.05) is 59.3 Å². The molecular formula is C20H18N2O2. The predicted molar refractivity (Wildman–Crippen MR) is 96.0 cm³/mol. The highest BCUT2D eigenvalue weighted by molar-refractivity contribution is 5.95. The van der Waals surface area contributed by atoms with Crippen molar-refractivity contribution in [3.8, 4) is 11.4 Å². The van der Waals surface area contributed by atoms with Crippen LogP contribution >= 0.6 is 0 Å². The average Bonchev–Trinajstić information content (AvgIpc) is 3.09. The molecule has 0 saturated heterocycles. The minimum atomic E-state index is 0.0358. The number of nitrogens with zero attached hydrogens (tertiary/aromatic N) is 2. The lowest BCUT2D eigenvalue weighted by atomic mass is 10.1. The van der Waals surface area contributed by atoms with Crippen molar-refractivity contribution in [3.63, 3.8) is 0 Å². The van der Waals surface area contributed by atoms with E-state index in [9.17, 15) is 4.79 Å². The lowest BCUT2D eigenvalue weighted by Gasteiger charge is -2.07. The van der Waals surface area contributed by atoms with Gasteiger partial charge in [0.05, 0.1) is 24.7 Å². The molecule has 3 aromatic rings. The summed E-state index contributed by atoms with van der Waals surface area (Å²) >= 11 is 0. The molecule has 0 radical (unpaired) electrons. The molecule has 0 N–H and O–H groups in total. The molecule has 0 bridgehead atoms. The number of Topliss-reactive ketones (excluding diaryl/α,β-unsaturated/α-hetero) is 1. The van der Waals surface area contributed by atoms with E-state index in [1.165, 1.54) is 0 Å². The lowest BCUT2D eigenvalue weighted by molar-refractivity contribution is 0.101. The summed E-state index contributed by atoms with van der Waals surface area (Å²) in [5, 5.41) is 0. The zero-order valence-corrected chi connectivity index (χ0v) is 13.6. The molecule has 24 heavy (non-hydrogen) atoms. The number of carbonyl (C=O) groups excluding carboxylic acids is 1. The Bertz CT molecular complexity index is 877. The Morgan fingerprint density at radius 2 is 1.88 bits per heavy atom. The number of aliphatic imine (C=N–C) groups is 1. The Morgan fingerprint density at radius 3 is 2.58 bits per heavy atom. The van der Waals surface area contributed by atoms with Gasteiger partial charge in [-0.25, -0.2) is 0 Å². The van der Waals surface area contributed by atoms with Gasteiger partial charge < -0.3 is 9.30 Å². The van der Waals surface area contributed by atoms with Crippen LogP contribution < -0.4 is 4.74 Å². The van der Waals surface area contributed by atoms with Crippen molar-refractivity contribution < 1.29 is 9.53 Å². The summed E-state index contributed by atoms with van der Waals surface area (Å²) in [5.41, 5.74) is 3.40. The third-order valence-electron chi connectivity index (χ3n) is 3.73. The summed E-state index contributed by atoms with van der Waals surface area (Å²) < 4.78 is 7.23. The van der Waals surface area contributed by atoms with Gasteiger partial charge in [0.1, 0.15) is 5.75 Å². The van der Waals surface area contributed by atoms with E-state index < -0.39 is 0 Å². The first-order valence-electron chi connectivity index (χ1n) is 7.64. The van der Waals surface area contributed by atoms with Crippen LogP contribution in [0.3, 0.4) is 0 Å². The highest BCUT2D eigenvalue weighted by atomic mass is 16.5. The normalized spacial score (nSPS) is 10.9. The molecule has 3 rings (SSSR count). The third-order valence-corrected chi connectivity index (χ3v) is 3.73. The summed E-state index contributed by atoms with van der Waals surface area (Å²) in [4.78, 5) is 15.9. The van der Waals surface area contributed by atoms with Crippen LogP contribution in [0.2, 0.25) is 0 Å². The first-order valence-corrected chi connectivity index (χ1v) is 7.64. The number of rotatable bonds is 5. The summed E-state index contributed by atoms with van der Waals surface area (Å²) in [6, 6.07) is 19.1. The van der Waals surface area contributed by atoms with Gasteiger partial charge in [0.2, 0.25) is 0 Å². The van der Waals surface area contributed by atoms with Gasteiger partial charge in [0, 0.05) is 17.4 Å². The molecule has 0 spiro atoms. The largest absolute Gasteiger partial charge is 0.497 e. The minimum Gasteiger partial charge on any atom is -0.497 e. The Kier molecular flexibility index (Phi) is 4.57.